The van der Waals surface area contributed by atoms with Gasteiger partial charge < -0.3 is 15.0 Å². The number of carbonyl (C=O) groups excluding carboxylic acids is 1. The normalized spacial score (nSPS) is 17.3. The zero-order valence-corrected chi connectivity index (χ0v) is 14.7. The standard InChI is InChI=1S/C17H19ClN2O2S/c1-20(2)13-6-5-11(18)10-12(13)19-17(21)16-8-7-15(23-16)14-4-3-9-22-14/h5-8,10,14H,3-4,9H2,1-2H3,(H,19,21). The SMILES string of the molecule is CN(C)c1ccc(Cl)cc1NC(=O)c1ccc(C2CCCO2)s1. The van der Waals surface area contributed by atoms with Gasteiger partial charge in [0.25, 0.3) is 5.91 Å². The number of halogens is 1. The highest BCUT2D eigenvalue weighted by atomic mass is 35.5. The highest BCUT2D eigenvalue weighted by Crippen LogP contribution is 2.34. The number of ether oxygens (including phenoxy) is 1. The molecule has 0 aliphatic carbocycles. The van der Waals surface area contributed by atoms with Crippen LogP contribution in [0.4, 0.5) is 11.4 Å². The van der Waals surface area contributed by atoms with Crippen molar-refractivity contribution in [1.82, 2.24) is 0 Å². The van der Waals surface area contributed by atoms with E-state index in [1.807, 2.05) is 43.3 Å². The number of hydrogen-bond acceptors (Lipinski definition) is 4. The first-order valence-corrected chi connectivity index (χ1v) is 8.73. The highest BCUT2D eigenvalue weighted by molar-refractivity contribution is 7.14. The maximum absolute atomic E-state index is 12.5. The molecule has 1 aliphatic rings. The minimum Gasteiger partial charge on any atom is -0.376 e. The van der Waals surface area contributed by atoms with Gasteiger partial charge >= 0.3 is 0 Å². The van der Waals surface area contributed by atoms with E-state index in [0.29, 0.717) is 15.6 Å². The minimum absolute atomic E-state index is 0.121. The Bertz CT molecular complexity index is 708. The molecule has 1 N–H and O–H groups in total. The van der Waals surface area contributed by atoms with Crippen LogP contribution in [0.25, 0.3) is 0 Å². The molecule has 0 radical (unpaired) electrons. The molecule has 1 aromatic carbocycles. The van der Waals surface area contributed by atoms with Gasteiger partial charge in [0.05, 0.1) is 22.4 Å². The highest BCUT2D eigenvalue weighted by Gasteiger charge is 2.21. The number of carbonyl (C=O) groups is 1. The fourth-order valence-corrected chi connectivity index (χ4v) is 3.79. The van der Waals surface area contributed by atoms with Crippen LogP contribution in [-0.2, 0) is 4.74 Å². The summed E-state index contributed by atoms with van der Waals surface area (Å²) in [5.74, 6) is -0.121. The smallest absolute Gasteiger partial charge is 0.265 e. The van der Waals surface area contributed by atoms with Gasteiger partial charge in [0.15, 0.2) is 0 Å². The van der Waals surface area contributed by atoms with E-state index in [9.17, 15) is 4.79 Å². The van der Waals surface area contributed by atoms with E-state index >= 15 is 0 Å². The Kier molecular flexibility index (Phi) is 4.90. The Labute approximate surface area is 145 Å². The Hall–Kier alpha value is -1.56. The lowest BCUT2D eigenvalue weighted by atomic mass is 10.2. The summed E-state index contributed by atoms with van der Waals surface area (Å²) >= 11 is 7.55. The van der Waals surface area contributed by atoms with Gasteiger partial charge in [-0.1, -0.05) is 11.6 Å². The maximum Gasteiger partial charge on any atom is 0.265 e. The molecule has 3 rings (SSSR count). The van der Waals surface area contributed by atoms with Crippen LogP contribution in [0.1, 0.15) is 33.5 Å². The molecule has 1 saturated heterocycles. The third-order valence-corrected chi connectivity index (χ3v) is 5.20. The molecule has 1 amide bonds. The molecule has 1 aliphatic heterocycles. The number of nitrogens with one attached hydrogen (secondary N) is 1. The summed E-state index contributed by atoms with van der Waals surface area (Å²) in [5.41, 5.74) is 1.62. The van der Waals surface area contributed by atoms with Crippen molar-refractivity contribution in [3.8, 4) is 0 Å². The van der Waals surface area contributed by atoms with Crippen LogP contribution in [-0.4, -0.2) is 26.6 Å². The van der Waals surface area contributed by atoms with Crippen LogP contribution >= 0.6 is 22.9 Å². The number of anilines is 2. The van der Waals surface area contributed by atoms with Crippen LogP contribution in [0.3, 0.4) is 0 Å². The molecule has 1 fully saturated rings. The summed E-state index contributed by atoms with van der Waals surface area (Å²) in [6, 6.07) is 9.32. The van der Waals surface area contributed by atoms with Crippen LogP contribution in [0.15, 0.2) is 30.3 Å². The van der Waals surface area contributed by atoms with E-state index in [4.69, 9.17) is 16.3 Å². The summed E-state index contributed by atoms with van der Waals surface area (Å²) in [5, 5.41) is 3.55. The molecule has 0 saturated carbocycles. The van der Waals surface area contributed by atoms with Gasteiger partial charge in [0.2, 0.25) is 0 Å². The predicted molar refractivity (Wildman–Crippen MR) is 96.0 cm³/mol. The van der Waals surface area contributed by atoms with E-state index < -0.39 is 0 Å². The zero-order chi connectivity index (χ0) is 16.4. The van der Waals surface area contributed by atoms with E-state index in [-0.39, 0.29) is 12.0 Å². The molecule has 2 heterocycles. The Morgan fingerprint density at radius 3 is 2.87 bits per heavy atom. The average molecular weight is 351 g/mol. The van der Waals surface area contributed by atoms with E-state index in [0.717, 1.165) is 30.0 Å². The van der Waals surface area contributed by atoms with Gasteiger partial charge in [-0.2, -0.15) is 0 Å². The topological polar surface area (TPSA) is 41.6 Å². The van der Waals surface area contributed by atoms with E-state index in [1.165, 1.54) is 11.3 Å². The largest absolute Gasteiger partial charge is 0.376 e. The Balaban J connectivity index is 1.78. The summed E-state index contributed by atoms with van der Waals surface area (Å²) in [7, 11) is 3.86. The van der Waals surface area contributed by atoms with Crippen LogP contribution < -0.4 is 10.2 Å². The second-order valence-electron chi connectivity index (χ2n) is 5.71. The van der Waals surface area contributed by atoms with Gasteiger partial charge in [-0.05, 0) is 43.2 Å². The van der Waals surface area contributed by atoms with Crippen molar-refractivity contribution >= 4 is 40.2 Å². The maximum atomic E-state index is 12.5. The molecule has 122 valence electrons. The lowest BCUT2D eigenvalue weighted by Gasteiger charge is -2.18. The van der Waals surface area contributed by atoms with Crippen molar-refractivity contribution in [2.45, 2.75) is 18.9 Å². The van der Waals surface area contributed by atoms with Crippen molar-refractivity contribution in [3.05, 3.63) is 45.1 Å². The number of benzene rings is 1. The second-order valence-corrected chi connectivity index (χ2v) is 7.27. The fourth-order valence-electron chi connectivity index (χ4n) is 2.63. The van der Waals surface area contributed by atoms with Crippen molar-refractivity contribution in [3.63, 3.8) is 0 Å². The summed E-state index contributed by atoms with van der Waals surface area (Å²) in [4.78, 5) is 16.3. The quantitative estimate of drug-likeness (QED) is 0.878. The lowest BCUT2D eigenvalue weighted by Crippen LogP contribution is -2.16. The summed E-state index contributed by atoms with van der Waals surface area (Å²) in [6.07, 6.45) is 2.25. The number of hydrogen-bond donors (Lipinski definition) is 1. The molecule has 1 aromatic heterocycles. The van der Waals surface area contributed by atoms with Gasteiger partial charge in [-0.15, -0.1) is 11.3 Å². The fraction of sp³-hybridized carbons (Fsp3) is 0.353. The molecule has 2 aromatic rings. The molecule has 1 unspecified atom stereocenters. The number of amides is 1. The first-order valence-electron chi connectivity index (χ1n) is 7.54. The minimum atomic E-state index is -0.121. The van der Waals surface area contributed by atoms with Crippen molar-refractivity contribution in [2.24, 2.45) is 0 Å². The van der Waals surface area contributed by atoms with Crippen LogP contribution in [0.5, 0.6) is 0 Å². The average Bonchev–Trinajstić information content (AvgIpc) is 3.18. The molecule has 0 spiro atoms. The van der Waals surface area contributed by atoms with E-state index in [2.05, 4.69) is 5.32 Å². The number of thiophene rings is 1. The molecule has 4 nitrogen and oxygen atoms in total. The van der Waals surface area contributed by atoms with Gasteiger partial charge in [-0.25, -0.2) is 0 Å². The van der Waals surface area contributed by atoms with Crippen molar-refractivity contribution in [1.29, 1.82) is 0 Å². The zero-order valence-electron chi connectivity index (χ0n) is 13.1. The van der Waals surface area contributed by atoms with Crippen LogP contribution in [0.2, 0.25) is 5.02 Å². The van der Waals surface area contributed by atoms with E-state index in [1.54, 1.807) is 6.07 Å². The lowest BCUT2D eigenvalue weighted by molar-refractivity contribution is 0.103. The first kappa shape index (κ1) is 16.3. The molecular formula is C17H19ClN2O2S. The Morgan fingerprint density at radius 1 is 1.35 bits per heavy atom. The molecule has 1 atom stereocenters. The molecule has 23 heavy (non-hydrogen) atoms. The monoisotopic (exact) mass is 350 g/mol. The third-order valence-electron chi connectivity index (χ3n) is 3.79. The van der Waals surface area contributed by atoms with Crippen LogP contribution in [0, 0.1) is 0 Å². The summed E-state index contributed by atoms with van der Waals surface area (Å²) in [6.45, 7) is 0.804. The predicted octanol–water partition coefficient (Wildman–Crippen LogP) is 4.57. The third kappa shape index (κ3) is 3.68. The first-order chi connectivity index (χ1) is 11.0. The molecule has 0 bridgehead atoms. The number of nitrogens with zero attached hydrogens (tertiary/aromatic N) is 1. The molecular weight excluding hydrogens is 332 g/mol. The van der Waals surface area contributed by atoms with Crippen molar-refractivity contribution < 1.29 is 9.53 Å². The number of rotatable bonds is 4. The molecule has 6 heteroatoms. The summed E-state index contributed by atoms with van der Waals surface area (Å²) < 4.78 is 5.67. The Morgan fingerprint density at radius 2 is 2.17 bits per heavy atom. The van der Waals surface area contributed by atoms with Gasteiger partial charge in [0.1, 0.15) is 0 Å². The van der Waals surface area contributed by atoms with Gasteiger partial charge in [0, 0.05) is 30.6 Å². The van der Waals surface area contributed by atoms with Crippen molar-refractivity contribution in [2.75, 3.05) is 30.9 Å². The second kappa shape index (κ2) is 6.91. The van der Waals surface area contributed by atoms with Gasteiger partial charge in [-0.3, -0.25) is 4.79 Å².